The number of hydrogen-bond donors (Lipinski definition) is 0. The van der Waals surface area contributed by atoms with Crippen LogP contribution in [0.5, 0.6) is 0 Å². The fourth-order valence-corrected chi connectivity index (χ4v) is 1.21. The maximum atomic E-state index is 9.49. The largest absolute Gasteiger partial charge is 0.234 e. The first-order valence-corrected chi connectivity index (χ1v) is 5.37. The molecule has 0 aromatic carbocycles. The average molecular weight is 129 g/mol. The van der Waals surface area contributed by atoms with Gasteiger partial charge in [0.25, 0.3) is 0 Å². The van der Waals surface area contributed by atoms with E-state index in [1.165, 1.54) is 12.1 Å². The lowest BCUT2D eigenvalue weighted by atomic mass is 10.5. The van der Waals surface area contributed by atoms with Crippen molar-refractivity contribution < 1.29 is 4.79 Å². The second-order valence-corrected chi connectivity index (χ2v) is 3.39. The van der Waals surface area contributed by atoms with E-state index < -0.39 is 0 Å². The van der Waals surface area contributed by atoms with Crippen LogP contribution in [0, 0.1) is 0 Å². The summed E-state index contributed by atoms with van der Waals surface area (Å²) in [5, 5.41) is 0. The predicted octanol–water partition coefficient (Wildman–Crippen LogP) is 0.347. The lowest BCUT2D eigenvalue weighted by molar-refractivity contribution is 0.562. The molecule has 0 atom stereocenters. The summed E-state index contributed by atoms with van der Waals surface area (Å²) in [5.41, 5.74) is 0. The van der Waals surface area contributed by atoms with Gasteiger partial charge in [-0.05, 0) is 6.42 Å². The van der Waals surface area contributed by atoms with Crippen molar-refractivity contribution in [2.45, 2.75) is 19.0 Å². The Morgan fingerprint density at radius 1 is 1.75 bits per heavy atom. The van der Waals surface area contributed by atoms with Gasteiger partial charge in [-0.2, -0.15) is 0 Å². The molecule has 3 heteroatoms. The van der Waals surface area contributed by atoms with Crippen molar-refractivity contribution in [2.75, 3.05) is 6.54 Å². The average Bonchev–Trinajstić information content (AvgIpc) is 1.81. The molecule has 0 N–H and O–H groups in total. The quantitative estimate of drug-likeness (QED) is 0.233. The van der Waals surface area contributed by atoms with Crippen LogP contribution in [0.3, 0.4) is 0 Å². The predicted molar refractivity (Wildman–Crippen MR) is 36.8 cm³/mol. The van der Waals surface area contributed by atoms with Crippen LogP contribution in [0.25, 0.3) is 0 Å². The Balaban J connectivity index is 2.82. The number of aliphatic imine (C=N–C) groups is 1. The lowest BCUT2D eigenvalue weighted by Crippen LogP contribution is -1.83. The molecule has 0 amide bonds. The van der Waals surface area contributed by atoms with Crippen LogP contribution in [0.2, 0.25) is 12.6 Å². The van der Waals surface area contributed by atoms with Crippen molar-refractivity contribution in [1.29, 1.82) is 0 Å². The van der Waals surface area contributed by atoms with E-state index in [2.05, 4.69) is 11.5 Å². The maximum Gasteiger partial charge on any atom is 0.234 e. The molecule has 0 unspecified atom stereocenters. The van der Waals surface area contributed by atoms with Crippen molar-refractivity contribution in [3.63, 3.8) is 0 Å². The number of rotatable bonds is 4. The zero-order valence-electron chi connectivity index (χ0n) is 5.18. The van der Waals surface area contributed by atoms with Gasteiger partial charge >= 0.3 is 0 Å². The van der Waals surface area contributed by atoms with Crippen LogP contribution in [0.4, 0.5) is 0 Å². The number of nitrogens with zero attached hydrogens (tertiary/aromatic N) is 1. The fraction of sp³-hybridized carbons (Fsp3) is 0.800. The summed E-state index contributed by atoms with van der Waals surface area (Å²) in [6, 6.07) is 1.30. The third-order valence-corrected chi connectivity index (χ3v) is 2.15. The Morgan fingerprint density at radius 2 is 2.50 bits per heavy atom. The molecule has 0 bridgehead atoms. The second-order valence-electron chi connectivity index (χ2n) is 1.68. The van der Waals surface area contributed by atoms with Crippen LogP contribution in [0.15, 0.2) is 4.99 Å². The van der Waals surface area contributed by atoms with Gasteiger partial charge in [-0.25, -0.2) is 9.79 Å². The molecule has 0 saturated heterocycles. The smallest absolute Gasteiger partial charge is 0.211 e. The third kappa shape index (κ3) is 5.60. The summed E-state index contributed by atoms with van der Waals surface area (Å²) in [6.45, 7) is 2.94. The summed E-state index contributed by atoms with van der Waals surface area (Å²) in [5.74, 6) is 0. The Morgan fingerprint density at radius 3 is 3.00 bits per heavy atom. The van der Waals surface area contributed by atoms with Gasteiger partial charge in [0, 0.05) is 9.52 Å². The van der Waals surface area contributed by atoms with Crippen LogP contribution in [0.1, 0.15) is 6.42 Å². The van der Waals surface area contributed by atoms with E-state index in [-0.39, 0.29) is 9.52 Å². The van der Waals surface area contributed by atoms with Gasteiger partial charge in [-0.3, -0.25) is 0 Å². The Kier molecular flexibility index (Phi) is 6.26. The molecule has 0 aliphatic heterocycles. The highest BCUT2D eigenvalue weighted by atomic mass is 28.2. The van der Waals surface area contributed by atoms with Crippen LogP contribution < -0.4 is 0 Å². The van der Waals surface area contributed by atoms with Gasteiger partial charge in [0.1, 0.15) is 0 Å². The molecule has 0 aliphatic carbocycles. The van der Waals surface area contributed by atoms with E-state index in [1.807, 2.05) is 0 Å². The summed E-state index contributed by atoms with van der Waals surface area (Å²) < 4.78 is 0. The highest BCUT2D eigenvalue weighted by Gasteiger charge is 1.80. The monoisotopic (exact) mass is 129 g/mol. The van der Waals surface area contributed by atoms with E-state index in [0.29, 0.717) is 6.54 Å². The first-order chi connectivity index (χ1) is 3.91. The van der Waals surface area contributed by atoms with Gasteiger partial charge in [0.2, 0.25) is 6.08 Å². The molecule has 8 heavy (non-hydrogen) atoms. The van der Waals surface area contributed by atoms with Crippen LogP contribution in [-0.4, -0.2) is 22.1 Å². The molecule has 0 heterocycles. The number of isocyanates is 1. The van der Waals surface area contributed by atoms with Crippen molar-refractivity contribution in [3.05, 3.63) is 0 Å². The normalized spacial score (nSPS) is 9.62. The molecule has 2 nitrogen and oxygen atoms in total. The number of carbonyl (C=O) groups excluding carboxylic acids is 1. The van der Waals surface area contributed by atoms with E-state index in [4.69, 9.17) is 0 Å². The number of hydrogen-bond acceptors (Lipinski definition) is 2. The van der Waals surface area contributed by atoms with Gasteiger partial charge in [-0.15, -0.1) is 0 Å². The third-order valence-electron chi connectivity index (χ3n) is 0.938. The Labute approximate surface area is 51.8 Å². The first-order valence-electron chi connectivity index (χ1n) is 2.95. The summed E-state index contributed by atoms with van der Waals surface area (Å²) >= 11 is 0. The summed E-state index contributed by atoms with van der Waals surface area (Å²) in [6.07, 6.45) is 2.60. The van der Waals surface area contributed by atoms with Gasteiger partial charge in [0.05, 0.1) is 6.54 Å². The minimum absolute atomic E-state index is 0.196. The zero-order valence-corrected chi connectivity index (χ0v) is 6.60. The highest BCUT2D eigenvalue weighted by molar-refractivity contribution is 6.33. The standard InChI is InChI=1S/C5H11NOSi/c1-8-4-2-3-6-5-7/h2-4,8H2,1H3. The highest BCUT2D eigenvalue weighted by Crippen LogP contribution is 1.86. The van der Waals surface area contributed by atoms with Gasteiger partial charge in [-0.1, -0.05) is 12.6 Å². The molecule has 0 radical (unpaired) electrons. The van der Waals surface area contributed by atoms with Gasteiger partial charge < -0.3 is 0 Å². The van der Waals surface area contributed by atoms with E-state index in [0.717, 1.165) is 6.42 Å². The molecule has 0 spiro atoms. The SMILES string of the molecule is C[SiH2]CCCN=C=O. The Hall–Kier alpha value is -0.403. The topological polar surface area (TPSA) is 29.4 Å². The van der Waals surface area contributed by atoms with Crippen molar-refractivity contribution >= 4 is 15.6 Å². The minimum Gasteiger partial charge on any atom is -0.211 e. The molecule has 46 valence electrons. The summed E-state index contributed by atoms with van der Waals surface area (Å²) in [4.78, 5) is 12.9. The first kappa shape index (κ1) is 7.60. The van der Waals surface area contributed by atoms with Crippen molar-refractivity contribution in [2.24, 2.45) is 4.99 Å². The zero-order chi connectivity index (χ0) is 6.24. The molecule has 0 saturated carbocycles. The lowest BCUT2D eigenvalue weighted by Gasteiger charge is -1.85. The van der Waals surface area contributed by atoms with Gasteiger partial charge in [0.15, 0.2) is 0 Å². The van der Waals surface area contributed by atoms with Crippen LogP contribution in [-0.2, 0) is 4.79 Å². The molecular weight excluding hydrogens is 118 g/mol. The second kappa shape index (κ2) is 6.60. The molecule has 0 aromatic rings. The van der Waals surface area contributed by atoms with E-state index in [1.54, 1.807) is 0 Å². The molecule has 0 aliphatic rings. The fourth-order valence-electron chi connectivity index (χ4n) is 0.487. The molecule has 0 rings (SSSR count). The van der Waals surface area contributed by atoms with Crippen molar-refractivity contribution in [3.8, 4) is 0 Å². The van der Waals surface area contributed by atoms with Crippen LogP contribution >= 0.6 is 0 Å². The van der Waals surface area contributed by atoms with E-state index in [9.17, 15) is 4.79 Å². The maximum absolute atomic E-state index is 9.49. The Bertz CT molecular complexity index is 88.4. The molecular formula is C5H11NOSi. The van der Waals surface area contributed by atoms with E-state index >= 15 is 0 Å². The van der Waals surface area contributed by atoms with Crippen molar-refractivity contribution in [1.82, 2.24) is 0 Å². The summed E-state index contributed by atoms with van der Waals surface area (Å²) in [7, 11) is 0.196. The molecule has 0 fully saturated rings. The minimum atomic E-state index is 0.196. The molecule has 0 aromatic heterocycles.